The van der Waals surface area contributed by atoms with Crippen LogP contribution in [0.2, 0.25) is 0 Å². The number of methoxy groups -OCH3 is 2. The number of carbonyl (C=O) groups is 1. The van der Waals surface area contributed by atoms with E-state index in [1.165, 1.54) is 31.0 Å². The molecule has 5 fully saturated rings. The number of nitrogens with zero attached hydrogens (tertiary/aromatic N) is 2. The molecular formula is C23H31ClN2O5S. The van der Waals surface area contributed by atoms with Gasteiger partial charge in [-0.15, -0.1) is 11.6 Å². The monoisotopic (exact) mass is 482 g/mol. The highest BCUT2D eigenvalue weighted by atomic mass is 35.5. The summed E-state index contributed by atoms with van der Waals surface area (Å²) in [5.41, 5.74) is -0.344. The second-order valence-electron chi connectivity index (χ2n) is 10.1. The summed E-state index contributed by atoms with van der Waals surface area (Å²) >= 11 is 6.93. The van der Waals surface area contributed by atoms with Gasteiger partial charge in [-0.05, 0) is 62.5 Å². The third kappa shape index (κ3) is 3.59. The number of carbonyl (C=O) groups excluding carboxylic acids is 1. The molecule has 0 aromatic heterocycles. The normalized spacial score (nSPS) is 34.5. The van der Waals surface area contributed by atoms with Gasteiger partial charge in [0.2, 0.25) is 15.9 Å². The van der Waals surface area contributed by atoms with Gasteiger partial charge in [-0.2, -0.15) is 4.31 Å². The van der Waals surface area contributed by atoms with Crippen LogP contribution in [0.3, 0.4) is 0 Å². The quantitative estimate of drug-likeness (QED) is 0.603. The lowest BCUT2D eigenvalue weighted by Crippen LogP contribution is -2.61. The van der Waals surface area contributed by atoms with E-state index in [1.807, 2.05) is 4.90 Å². The van der Waals surface area contributed by atoms with Crippen molar-refractivity contribution in [3.8, 4) is 11.5 Å². The topological polar surface area (TPSA) is 76.2 Å². The van der Waals surface area contributed by atoms with Crippen LogP contribution in [0.4, 0.5) is 0 Å². The van der Waals surface area contributed by atoms with Gasteiger partial charge >= 0.3 is 0 Å². The van der Waals surface area contributed by atoms with Gasteiger partial charge in [0.15, 0.2) is 0 Å². The zero-order valence-corrected chi connectivity index (χ0v) is 20.3. The molecule has 4 aliphatic carbocycles. The molecule has 5 aliphatic rings. The minimum Gasteiger partial charge on any atom is -0.497 e. The van der Waals surface area contributed by atoms with Crippen molar-refractivity contribution >= 4 is 27.5 Å². The molecule has 1 aliphatic heterocycles. The Kier molecular flexibility index (Phi) is 5.42. The molecule has 9 heteroatoms. The molecule has 1 heterocycles. The summed E-state index contributed by atoms with van der Waals surface area (Å²) in [7, 11) is -0.823. The van der Waals surface area contributed by atoms with Gasteiger partial charge < -0.3 is 14.4 Å². The second-order valence-corrected chi connectivity index (χ2v) is 12.8. The van der Waals surface area contributed by atoms with Crippen molar-refractivity contribution in [3.05, 3.63) is 18.2 Å². The van der Waals surface area contributed by atoms with Gasteiger partial charge in [-0.3, -0.25) is 4.79 Å². The summed E-state index contributed by atoms with van der Waals surface area (Å²) < 4.78 is 38.6. The highest BCUT2D eigenvalue weighted by Gasteiger charge is 2.60. The minimum atomic E-state index is -3.77. The predicted molar refractivity (Wildman–Crippen MR) is 121 cm³/mol. The average Bonchev–Trinajstić information content (AvgIpc) is 2.76. The summed E-state index contributed by atoms with van der Waals surface area (Å²) in [5, 5.41) is 0. The highest BCUT2D eigenvalue weighted by Crippen LogP contribution is 2.64. The van der Waals surface area contributed by atoms with Crippen molar-refractivity contribution in [3.63, 3.8) is 0 Å². The second kappa shape index (κ2) is 7.77. The van der Waals surface area contributed by atoms with E-state index >= 15 is 0 Å². The number of sulfonamides is 1. The maximum Gasteiger partial charge on any atom is 0.247 e. The SMILES string of the molecule is COc1ccc(OC)c(S(=O)(=O)N2CCN(C(=O)C34CC5CC(CC(Cl)(C5)C3)C4)CC2)c1. The standard InChI is InChI=1S/C23H31ClN2O5S/c1-30-18-3-4-19(31-2)20(10-18)32(28,29)26-7-5-25(6-8-26)21(27)22-11-16-9-17(12-22)14-23(24,13-16)15-22/h3-4,10,16-17H,5-9,11-15H2,1-2H3. The molecule has 2 atom stereocenters. The Labute approximate surface area is 195 Å². The van der Waals surface area contributed by atoms with E-state index in [-0.39, 0.29) is 39.9 Å². The fourth-order valence-electron chi connectivity index (χ4n) is 6.99. The first-order chi connectivity index (χ1) is 15.2. The number of hydrogen-bond acceptors (Lipinski definition) is 5. The highest BCUT2D eigenvalue weighted by molar-refractivity contribution is 7.89. The van der Waals surface area contributed by atoms with Crippen LogP contribution >= 0.6 is 11.6 Å². The summed E-state index contributed by atoms with van der Waals surface area (Å²) in [6.45, 7) is 1.33. The zero-order valence-electron chi connectivity index (χ0n) is 18.7. The van der Waals surface area contributed by atoms with Crippen molar-refractivity contribution in [1.29, 1.82) is 0 Å². The van der Waals surface area contributed by atoms with Crippen LogP contribution in [0.25, 0.3) is 0 Å². The number of amides is 1. The molecule has 0 N–H and O–H groups in total. The molecule has 1 amide bonds. The summed E-state index contributed by atoms with van der Waals surface area (Å²) in [6, 6.07) is 4.76. The lowest BCUT2D eigenvalue weighted by Gasteiger charge is -2.60. The van der Waals surface area contributed by atoms with Crippen molar-refractivity contribution in [2.24, 2.45) is 17.3 Å². The average molecular weight is 483 g/mol. The first-order valence-corrected chi connectivity index (χ1v) is 13.2. The van der Waals surface area contributed by atoms with E-state index in [9.17, 15) is 13.2 Å². The molecule has 2 unspecified atom stereocenters. The Balaban J connectivity index is 1.31. The molecule has 0 spiro atoms. The summed E-state index contributed by atoms with van der Waals surface area (Å²) in [5.74, 6) is 2.03. The molecule has 6 rings (SSSR count). The molecule has 1 aromatic carbocycles. The smallest absolute Gasteiger partial charge is 0.247 e. The summed E-state index contributed by atoms with van der Waals surface area (Å²) in [4.78, 5) is 15.4. The summed E-state index contributed by atoms with van der Waals surface area (Å²) in [6.07, 6.45) is 5.93. The predicted octanol–water partition coefficient (Wildman–Crippen LogP) is 3.11. The Hall–Kier alpha value is -1.51. The number of ether oxygens (including phenoxy) is 2. The molecule has 0 radical (unpaired) electrons. The van der Waals surface area contributed by atoms with Crippen LogP contribution < -0.4 is 9.47 Å². The number of hydrogen-bond donors (Lipinski definition) is 0. The molecule has 4 saturated carbocycles. The van der Waals surface area contributed by atoms with Crippen LogP contribution in [0.15, 0.2) is 23.1 Å². The third-order valence-corrected chi connectivity index (χ3v) is 10.3. The van der Waals surface area contributed by atoms with Gasteiger partial charge in [-0.25, -0.2) is 8.42 Å². The van der Waals surface area contributed by atoms with Gasteiger partial charge in [-0.1, -0.05) is 0 Å². The van der Waals surface area contributed by atoms with Crippen LogP contribution in [-0.4, -0.2) is 68.8 Å². The lowest BCUT2D eigenvalue weighted by atomic mass is 9.49. The zero-order chi connectivity index (χ0) is 22.7. The molecule has 4 bridgehead atoms. The van der Waals surface area contributed by atoms with Crippen LogP contribution in [0.5, 0.6) is 11.5 Å². The fourth-order valence-corrected chi connectivity index (χ4v) is 9.28. The number of alkyl halides is 1. The first kappa shape index (κ1) is 22.3. The molecular weight excluding hydrogens is 452 g/mol. The number of benzene rings is 1. The van der Waals surface area contributed by atoms with E-state index in [0.29, 0.717) is 30.7 Å². The van der Waals surface area contributed by atoms with E-state index in [4.69, 9.17) is 21.1 Å². The van der Waals surface area contributed by atoms with E-state index < -0.39 is 10.0 Å². The molecule has 1 saturated heterocycles. The Morgan fingerprint density at radius 3 is 2.25 bits per heavy atom. The number of halogens is 1. The van der Waals surface area contributed by atoms with E-state index in [1.54, 1.807) is 12.1 Å². The van der Waals surface area contributed by atoms with Crippen molar-refractivity contribution in [2.75, 3.05) is 40.4 Å². The molecule has 1 aromatic rings. The van der Waals surface area contributed by atoms with Gasteiger partial charge in [0, 0.05) is 37.1 Å². The fraction of sp³-hybridized carbons (Fsp3) is 0.696. The lowest BCUT2D eigenvalue weighted by molar-refractivity contribution is -0.157. The molecule has 32 heavy (non-hydrogen) atoms. The Morgan fingerprint density at radius 2 is 1.69 bits per heavy atom. The van der Waals surface area contributed by atoms with Crippen molar-refractivity contribution in [2.45, 2.75) is 48.3 Å². The Bertz CT molecular complexity index is 1010. The van der Waals surface area contributed by atoms with Crippen molar-refractivity contribution < 1.29 is 22.7 Å². The van der Waals surface area contributed by atoms with E-state index in [0.717, 1.165) is 32.1 Å². The Morgan fingerprint density at radius 1 is 1.03 bits per heavy atom. The van der Waals surface area contributed by atoms with Crippen LogP contribution in [0.1, 0.15) is 38.5 Å². The molecule has 176 valence electrons. The van der Waals surface area contributed by atoms with Crippen LogP contribution in [-0.2, 0) is 14.8 Å². The number of rotatable bonds is 5. The third-order valence-electron chi connectivity index (χ3n) is 7.96. The van der Waals surface area contributed by atoms with Gasteiger partial charge in [0.25, 0.3) is 0 Å². The van der Waals surface area contributed by atoms with Gasteiger partial charge in [0.1, 0.15) is 16.4 Å². The maximum atomic E-state index is 13.7. The van der Waals surface area contributed by atoms with Gasteiger partial charge in [0.05, 0.1) is 19.6 Å². The first-order valence-electron chi connectivity index (χ1n) is 11.4. The molecule has 7 nitrogen and oxygen atoms in total. The number of piperazine rings is 1. The minimum absolute atomic E-state index is 0.0873. The van der Waals surface area contributed by atoms with Crippen LogP contribution in [0, 0.1) is 17.3 Å². The largest absolute Gasteiger partial charge is 0.497 e. The van der Waals surface area contributed by atoms with Crippen molar-refractivity contribution in [1.82, 2.24) is 9.21 Å². The van der Waals surface area contributed by atoms with E-state index in [2.05, 4.69) is 0 Å². The maximum absolute atomic E-state index is 13.7.